The summed E-state index contributed by atoms with van der Waals surface area (Å²) in [6.07, 6.45) is 0.0282. The van der Waals surface area contributed by atoms with Crippen LogP contribution >= 0.6 is 0 Å². The summed E-state index contributed by atoms with van der Waals surface area (Å²) < 4.78 is 41.9. The molecule has 9 heteroatoms. The fraction of sp³-hybridized carbons (Fsp3) is 0.500. The molecule has 1 aromatic rings. The summed E-state index contributed by atoms with van der Waals surface area (Å²) in [6.45, 7) is -0.0394. The maximum Gasteiger partial charge on any atom is 0.313 e. The molecule has 0 spiro atoms. The van der Waals surface area contributed by atoms with E-state index in [0.29, 0.717) is 0 Å². The monoisotopic (exact) mass is 236 g/mol. The van der Waals surface area contributed by atoms with Gasteiger partial charge in [0.15, 0.2) is 0 Å². The summed E-state index contributed by atoms with van der Waals surface area (Å²) in [6, 6.07) is 0. The number of anilines is 1. The molecule has 0 saturated carbocycles. The van der Waals surface area contributed by atoms with Crippen molar-refractivity contribution in [2.45, 2.75) is 0 Å². The predicted octanol–water partition coefficient (Wildman–Crippen LogP) is -0.665. The smallest absolute Gasteiger partial charge is 0.313 e. The Kier molecular flexibility index (Phi) is 3.48. The number of nitrogens with zero attached hydrogens (tertiary/aromatic N) is 4. The van der Waals surface area contributed by atoms with Gasteiger partial charge in [0.25, 0.3) is 10.1 Å². The van der Waals surface area contributed by atoms with E-state index < -0.39 is 21.9 Å². The van der Waals surface area contributed by atoms with E-state index in [1.54, 1.807) is 0 Å². The predicted molar refractivity (Wildman–Crippen MR) is 49.5 cm³/mol. The van der Waals surface area contributed by atoms with E-state index in [0.717, 1.165) is 6.33 Å². The van der Waals surface area contributed by atoms with E-state index in [-0.39, 0.29) is 12.5 Å². The summed E-state index contributed by atoms with van der Waals surface area (Å²) >= 11 is 0. The second-order valence-corrected chi connectivity index (χ2v) is 4.33. The highest BCUT2D eigenvalue weighted by molar-refractivity contribution is 7.85. The number of rotatable bonds is 4. The summed E-state index contributed by atoms with van der Waals surface area (Å²) in [5.41, 5.74) is 0. The van der Waals surface area contributed by atoms with Crippen LogP contribution in [0.3, 0.4) is 0 Å². The Bertz CT molecular complexity index is 438. The Morgan fingerprint density at radius 2 is 2.20 bits per heavy atom. The molecule has 0 saturated heterocycles. The molecule has 0 atom stereocenters. The SMILES string of the molecule is CN(CCS(=O)(=O)O)c1ncnc(F)n1. The van der Waals surface area contributed by atoms with Crippen LogP contribution in [0.4, 0.5) is 10.3 Å². The van der Waals surface area contributed by atoms with Crippen LogP contribution in [0.25, 0.3) is 0 Å². The second kappa shape index (κ2) is 4.45. The van der Waals surface area contributed by atoms with E-state index in [1.165, 1.54) is 11.9 Å². The third-order valence-electron chi connectivity index (χ3n) is 1.56. The van der Waals surface area contributed by atoms with Gasteiger partial charge in [-0.25, -0.2) is 4.98 Å². The Morgan fingerprint density at radius 1 is 1.53 bits per heavy atom. The van der Waals surface area contributed by atoms with Gasteiger partial charge < -0.3 is 4.90 Å². The highest BCUT2D eigenvalue weighted by Gasteiger charge is 2.10. The van der Waals surface area contributed by atoms with Gasteiger partial charge in [-0.3, -0.25) is 4.55 Å². The average Bonchev–Trinajstić information content (AvgIpc) is 2.13. The minimum atomic E-state index is -4.04. The van der Waals surface area contributed by atoms with Gasteiger partial charge in [-0.15, -0.1) is 0 Å². The molecule has 0 aliphatic rings. The fourth-order valence-electron chi connectivity index (χ4n) is 0.805. The molecule has 1 heterocycles. The lowest BCUT2D eigenvalue weighted by Crippen LogP contribution is -2.27. The molecule has 1 aromatic heterocycles. The minimum absolute atomic E-state index is 0.00569. The van der Waals surface area contributed by atoms with Gasteiger partial charge in [-0.05, 0) is 0 Å². The fourth-order valence-corrected chi connectivity index (χ4v) is 1.31. The van der Waals surface area contributed by atoms with Crippen molar-refractivity contribution in [2.24, 2.45) is 0 Å². The van der Waals surface area contributed by atoms with Gasteiger partial charge in [-0.1, -0.05) is 0 Å². The van der Waals surface area contributed by atoms with Crippen LogP contribution in [0.2, 0.25) is 0 Å². The standard InChI is InChI=1S/C6H9FN4O3S/c1-11(2-3-15(12,13)14)6-9-4-8-5(7)10-6/h4H,2-3H2,1H3,(H,12,13,14). The van der Waals surface area contributed by atoms with Crippen molar-refractivity contribution in [1.82, 2.24) is 15.0 Å². The van der Waals surface area contributed by atoms with Crippen molar-refractivity contribution in [1.29, 1.82) is 0 Å². The van der Waals surface area contributed by atoms with E-state index in [2.05, 4.69) is 15.0 Å². The number of halogens is 1. The number of aromatic nitrogens is 3. The first-order valence-corrected chi connectivity index (χ1v) is 5.50. The Morgan fingerprint density at radius 3 is 2.73 bits per heavy atom. The number of hydrogen-bond donors (Lipinski definition) is 1. The van der Waals surface area contributed by atoms with Gasteiger partial charge in [0.05, 0.1) is 5.75 Å². The highest BCUT2D eigenvalue weighted by atomic mass is 32.2. The molecule has 15 heavy (non-hydrogen) atoms. The van der Waals surface area contributed by atoms with Gasteiger partial charge in [0.2, 0.25) is 5.95 Å². The van der Waals surface area contributed by atoms with E-state index in [1.807, 2.05) is 0 Å². The molecule has 0 amide bonds. The maximum atomic E-state index is 12.5. The van der Waals surface area contributed by atoms with Crippen LogP contribution in [0.5, 0.6) is 0 Å². The average molecular weight is 236 g/mol. The Balaban J connectivity index is 2.65. The topological polar surface area (TPSA) is 96.3 Å². The summed E-state index contributed by atoms with van der Waals surface area (Å²) in [4.78, 5) is 11.4. The Labute approximate surface area is 85.7 Å². The molecular formula is C6H9FN4O3S. The molecule has 0 radical (unpaired) electrons. The van der Waals surface area contributed by atoms with Crippen LogP contribution < -0.4 is 4.90 Å². The first kappa shape index (κ1) is 11.7. The molecule has 0 unspecified atom stereocenters. The van der Waals surface area contributed by atoms with Crippen molar-refractivity contribution in [3.8, 4) is 0 Å². The molecule has 84 valence electrons. The first-order valence-electron chi connectivity index (χ1n) is 3.89. The lowest BCUT2D eigenvalue weighted by molar-refractivity contribution is 0.482. The molecular weight excluding hydrogens is 227 g/mol. The maximum absolute atomic E-state index is 12.5. The van der Waals surface area contributed by atoms with Crippen LogP contribution in [-0.4, -0.2) is 47.3 Å². The van der Waals surface area contributed by atoms with Gasteiger partial charge in [-0.2, -0.15) is 22.8 Å². The van der Waals surface area contributed by atoms with Crippen LogP contribution in [-0.2, 0) is 10.1 Å². The zero-order valence-electron chi connectivity index (χ0n) is 7.83. The third kappa shape index (κ3) is 4.13. The molecule has 0 fully saturated rings. The zero-order chi connectivity index (χ0) is 11.5. The summed E-state index contributed by atoms with van der Waals surface area (Å²) in [5.74, 6) is -0.470. The molecule has 0 aliphatic carbocycles. The summed E-state index contributed by atoms with van der Waals surface area (Å²) in [7, 11) is -2.57. The number of hydrogen-bond acceptors (Lipinski definition) is 6. The second-order valence-electron chi connectivity index (χ2n) is 2.76. The van der Waals surface area contributed by atoms with Gasteiger partial charge >= 0.3 is 6.08 Å². The van der Waals surface area contributed by atoms with Crippen LogP contribution in [0.15, 0.2) is 6.33 Å². The molecule has 7 nitrogen and oxygen atoms in total. The van der Waals surface area contributed by atoms with Gasteiger partial charge in [0.1, 0.15) is 6.33 Å². The van der Waals surface area contributed by atoms with Crippen molar-refractivity contribution >= 4 is 16.1 Å². The highest BCUT2D eigenvalue weighted by Crippen LogP contribution is 2.02. The quantitative estimate of drug-likeness (QED) is 0.693. The lowest BCUT2D eigenvalue weighted by atomic mass is 10.6. The van der Waals surface area contributed by atoms with Crippen molar-refractivity contribution < 1.29 is 17.4 Å². The van der Waals surface area contributed by atoms with Crippen molar-refractivity contribution in [3.63, 3.8) is 0 Å². The zero-order valence-corrected chi connectivity index (χ0v) is 8.65. The van der Waals surface area contributed by atoms with E-state index >= 15 is 0 Å². The molecule has 1 rings (SSSR count). The largest absolute Gasteiger partial charge is 0.343 e. The summed E-state index contributed by atoms with van der Waals surface area (Å²) in [5, 5.41) is 0. The van der Waals surface area contributed by atoms with Crippen molar-refractivity contribution in [3.05, 3.63) is 12.4 Å². The van der Waals surface area contributed by atoms with E-state index in [4.69, 9.17) is 4.55 Å². The molecule has 0 aromatic carbocycles. The minimum Gasteiger partial charge on any atom is -0.343 e. The van der Waals surface area contributed by atoms with E-state index in [9.17, 15) is 12.8 Å². The third-order valence-corrected chi connectivity index (χ3v) is 2.25. The van der Waals surface area contributed by atoms with Gasteiger partial charge in [0, 0.05) is 13.6 Å². The van der Waals surface area contributed by atoms with Crippen molar-refractivity contribution in [2.75, 3.05) is 24.2 Å². The van der Waals surface area contributed by atoms with Crippen LogP contribution in [0, 0.1) is 6.08 Å². The Hall–Kier alpha value is -1.35. The molecule has 0 aliphatic heterocycles. The first-order chi connectivity index (χ1) is 6.88. The normalized spacial score (nSPS) is 11.4. The molecule has 1 N–H and O–H groups in total. The molecule has 0 bridgehead atoms. The lowest BCUT2D eigenvalue weighted by Gasteiger charge is -2.14. The van der Waals surface area contributed by atoms with Crippen LogP contribution in [0.1, 0.15) is 0 Å².